The van der Waals surface area contributed by atoms with Crippen molar-refractivity contribution in [1.82, 2.24) is 0 Å². The molecule has 2 nitrogen and oxygen atoms in total. The summed E-state index contributed by atoms with van der Waals surface area (Å²) < 4.78 is 10.4. The number of hydrogen-bond donors (Lipinski definition) is 0. The summed E-state index contributed by atoms with van der Waals surface area (Å²) in [4.78, 5) is 0. The first-order valence-corrected chi connectivity index (χ1v) is 8.44. The molecular formula is C2H6As2O2. The SMILES string of the molecule is C[As]1O[As](C)O1. The first-order chi connectivity index (χ1) is 2.79. The van der Waals surface area contributed by atoms with Crippen LogP contribution in [0.15, 0.2) is 0 Å². The Morgan fingerprint density at radius 3 is 1.33 bits per heavy atom. The topological polar surface area (TPSA) is 18.5 Å². The molecule has 0 aromatic carbocycles. The van der Waals surface area contributed by atoms with Gasteiger partial charge in [0.2, 0.25) is 0 Å². The Balaban J connectivity index is 2.11. The molecule has 36 valence electrons. The molecule has 1 heterocycles. The molecule has 0 aliphatic carbocycles. The second-order valence-electron chi connectivity index (χ2n) is 1.04. The van der Waals surface area contributed by atoms with Gasteiger partial charge in [-0.2, -0.15) is 0 Å². The van der Waals surface area contributed by atoms with E-state index in [-0.39, 0.29) is 0 Å². The Labute approximate surface area is 47.8 Å². The summed E-state index contributed by atoms with van der Waals surface area (Å²) in [5.74, 6) is 0. The summed E-state index contributed by atoms with van der Waals surface area (Å²) in [5, 5.41) is 0. The van der Waals surface area contributed by atoms with Crippen LogP contribution in [0, 0.1) is 0 Å². The Morgan fingerprint density at radius 2 is 1.33 bits per heavy atom. The first kappa shape index (κ1) is 5.18. The Morgan fingerprint density at radius 1 is 1.00 bits per heavy atom. The Kier molecular flexibility index (Phi) is 1.62. The molecule has 0 amide bonds. The van der Waals surface area contributed by atoms with E-state index in [4.69, 9.17) is 5.43 Å². The first-order valence-electron chi connectivity index (χ1n) is 1.62. The molecule has 0 bridgehead atoms. The quantitative estimate of drug-likeness (QED) is 0.536. The molecule has 1 saturated heterocycles. The Bertz CT molecular complexity index is 45.5. The van der Waals surface area contributed by atoms with Gasteiger partial charge in [-0.15, -0.1) is 0 Å². The third-order valence-corrected chi connectivity index (χ3v) is 12.4. The molecule has 0 aromatic heterocycles. The fourth-order valence-electron chi connectivity index (χ4n) is 0.330. The maximum atomic E-state index is 5.21. The minimum atomic E-state index is -1.02. The van der Waals surface area contributed by atoms with Crippen molar-refractivity contribution in [2.24, 2.45) is 0 Å². The van der Waals surface area contributed by atoms with Crippen molar-refractivity contribution in [2.75, 3.05) is 0 Å². The summed E-state index contributed by atoms with van der Waals surface area (Å²) >= 11 is -2.03. The van der Waals surface area contributed by atoms with E-state index >= 15 is 0 Å². The van der Waals surface area contributed by atoms with Crippen molar-refractivity contribution >= 4 is 30.7 Å². The molecule has 0 aromatic rings. The van der Waals surface area contributed by atoms with Gasteiger partial charge in [-0.05, 0) is 0 Å². The summed E-state index contributed by atoms with van der Waals surface area (Å²) in [7, 11) is 0. The predicted octanol–water partition coefficient (Wildman–Crippen LogP) is 0.269. The van der Waals surface area contributed by atoms with Crippen molar-refractivity contribution in [3.8, 4) is 0 Å². The molecular weight excluding hydrogens is 206 g/mol. The van der Waals surface area contributed by atoms with Crippen molar-refractivity contribution in [3.63, 3.8) is 0 Å². The predicted molar refractivity (Wildman–Crippen MR) is 25.4 cm³/mol. The number of rotatable bonds is 0. The van der Waals surface area contributed by atoms with Gasteiger partial charge in [0.25, 0.3) is 0 Å². The minimum absolute atomic E-state index is 1.02. The summed E-state index contributed by atoms with van der Waals surface area (Å²) in [6.07, 6.45) is 0. The average molecular weight is 212 g/mol. The van der Waals surface area contributed by atoms with Crippen LogP contribution in [-0.4, -0.2) is 30.7 Å². The number of hydrogen-bond acceptors (Lipinski definition) is 2. The molecule has 1 rings (SSSR count). The third-order valence-electron chi connectivity index (χ3n) is 0.460. The van der Waals surface area contributed by atoms with Gasteiger partial charge in [-0.1, -0.05) is 0 Å². The molecule has 0 atom stereocenters. The van der Waals surface area contributed by atoms with E-state index in [9.17, 15) is 0 Å². The van der Waals surface area contributed by atoms with Gasteiger partial charge < -0.3 is 0 Å². The molecule has 4 heteroatoms. The van der Waals surface area contributed by atoms with Gasteiger partial charge in [-0.25, -0.2) is 0 Å². The van der Waals surface area contributed by atoms with Crippen LogP contribution in [0.5, 0.6) is 0 Å². The molecule has 1 aliphatic heterocycles. The second kappa shape index (κ2) is 1.88. The fraction of sp³-hybridized carbons (Fsp3) is 1.00. The summed E-state index contributed by atoms with van der Waals surface area (Å²) in [6.45, 7) is 0. The standard InChI is InChI=1S/C2H6As2O2/c1-3-5-4(2)6-3/h1-2H3. The fourth-order valence-corrected chi connectivity index (χ4v) is 8.91. The summed E-state index contributed by atoms with van der Waals surface area (Å²) in [6, 6.07) is 0. The normalized spacial score (nSPS) is 45.0. The average Bonchev–Trinajstić information content (AvgIpc) is 1.33. The maximum absolute atomic E-state index is 5.21. The van der Waals surface area contributed by atoms with Gasteiger partial charge in [0, 0.05) is 0 Å². The van der Waals surface area contributed by atoms with E-state index < -0.39 is 30.7 Å². The van der Waals surface area contributed by atoms with Crippen LogP contribution in [0.2, 0.25) is 11.4 Å². The van der Waals surface area contributed by atoms with E-state index in [0.717, 1.165) is 0 Å². The van der Waals surface area contributed by atoms with Gasteiger partial charge in [0.15, 0.2) is 0 Å². The van der Waals surface area contributed by atoms with Crippen LogP contribution < -0.4 is 0 Å². The monoisotopic (exact) mass is 212 g/mol. The zero-order valence-corrected chi connectivity index (χ0v) is 7.46. The molecule has 0 unspecified atom stereocenters. The summed E-state index contributed by atoms with van der Waals surface area (Å²) in [5.41, 5.74) is 4.11. The van der Waals surface area contributed by atoms with Crippen LogP contribution in [0.1, 0.15) is 0 Å². The molecule has 6 heavy (non-hydrogen) atoms. The van der Waals surface area contributed by atoms with Crippen LogP contribution in [0.3, 0.4) is 0 Å². The molecule has 1 fully saturated rings. The zero-order valence-electron chi connectivity index (χ0n) is 3.71. The van der Waals surface area contributed by atoms with Crippen molar-refractivity contribution < 1.29 is 5.43 Å². The molecule has 0 spiro atoms. The molecule has 1 aliphatic rings. The Hall–Kier alpha value is 1.04. The van der Waals surface area contributed by atoms with Crippen LogP contribution >= 0.6 is 0 Å². The van der Waals surface area contributed by atoms with Crippen LogP contribution in [-0.2, 0) is 5.43 Å². The van der Waals surface area contributed by atoms with Gasteiger partial charge in [0.05, 0.1) is 0 Å². The van der Waals surface area contributed by atoms with E-state index in [0.29, 0.717) is 0 Å². The van der Waals surface area contributed by atoms with E-state index in [1.807, 2.05) is 0 Å². The zero-order chi connectivity index (χ0) is 4.57. The molecule has 0 radical (unpaired) electrons. The van der Waals surface area contributed by atoms with E-state index in [1.54, 1.807) is 0 Å². The van der Waals surface area contributed by atoms with Gasteiger partial charge >= 0.3 is 47.5 Å². The van der Waals surface area contributed by atoms with E-state index in [2.05, 4.69) is 11.4 Å². The third kappa shape index (κ3) is 1.01. The van der Waals surface area contributed by atoms with Crippen LogP contribution in [0.25, 0.3) is 0 Å². The van der Waals surface area contributed by atoms with Crippen molar-refractivity contribution in [3.05, 3.63) is 0 Å². The van der Waals surface area contributed by atoms with E-state index in [1.165, 1.54) is 0 Å². The second-order valence-corrected chi connectivity index (χ2v) is 8.98. The van der Waals surface area contributed by atoms with Crippen molar-refractivity contribution in [2.45, 2.75) is 11.4 Å². The van der Waals surface area contributed by atoms with Gasteiger partial charge in [-0.3, -0.25) is 0 Å². The molecule has 0 N–H and O–H groups in total. The van der Waals surface area contributed by atoms with Crippen molar-refractivity contribution in [1.29, 1.82) is 0 Å². The molecule has 0 saturated carbocycles. The van der Waals surface area contributed by atoms with Gasteiger partial charge in [0.1, 0.15) is 0 Å². The van der Waals surface area contributed by atoms with Crippen LogP contribution in [0.4, 0.5) is 0 Å².